The van der Waals surface area contributed by atoms with Crippen LogP contribution >= 0.6 is 15.9 Å². The molecule has 0 aliphatic carbocycles. The van der Waals surface area contributed by atoms with Crippen LogP contribution in [0.25, 0.3) is 0 Å². The molecular formula is C15H10BrNO2. The fourth-order valence-corrected chi connectivity index (χ4v) is 2.84. The van der Waals surface area contributed by atoms with Gasteiger partial charge in [-0.15, -0.1) is 0 Å². The first kappa shape index (κ1) is 12.1. The number of hydrogen-bond acceptors (Lipinski definition) is 3. The Labute approximate surface area is 119 Å². The molecule has 19 heavy (non-hydrogen) atoms. The van der Waals surface area contributed by atoms with Crippen LogP contribution in [0.3, 0.4) is 0 Å². The molecule has 0 saturated heterocycles. The standard InChI is InChI=1S/C15H10BrNO2/c1-18-13-7-6-11(16)14-10(8-17)9-4-2-3-5-12(9)19-15(13)14/h2-7,10H,1H3. The van der Waals surface area contributed by atoms with Crippen molar-refractivity contribution < 1.29 is 9.47 Å². The number of nitrogens with zero attached hydrogens (tertiary/aromatic N) is 1. The second kappa shape index (κ2) is 4.60. The van der Waals surface area contributed by atoms with E-state index in [2.05, 4.69) is 22.0 Å². The summed E-state index contributed by atoms with van der Waals surface area (Å²) in [7, 11) is 1.59. The van der Waals surface area contributed by atoms with E-state index in [0.717, 1.165) is 15.6 Å². The summed E-state index contributed by atoms with van der Waals surface area (Å²) in [6.45, 7) is 0. The Bertz CT molecular complexity index is 691. The van der Waals surface area contributed by atoms with Crippen LogP contribution in [0, 0.1) is 11.3 Å². The molecule has 1 heterocycles. The van der Waals surface area contributed by atoms with Crippen molar-refractivity contribution in [3.8, 4) is 23.3 Å². The van der Waals surface area contributed by atoms with E-state index in [1.807, 2.05) is 36.4 Å². The van der Waals surface area contributed by atoms with Crippen molar-refractivity contribution in [3.63, 3.8) is 0 Å². The number of fused-ring (bicyclic) bond motifs is 2. The van der Waals surface area contributed by atoms with E-state index < -0.39 is 0 Å². The second-order valence-electron chi connectivity index (χ2n) is 4.19. The van der Waals surface area contributed by atoms with Crippen molar-refractivity contribution in [2.45, 2.75) is 5.92 Å². The maximum atomic E-state index is 9.51. The number of ether oxygens (including phenoxy) is 2. The third-order valence-electron chi connectivity index (χ3n) is 3.19. The number of para-hydroxylation sites is 1. The SMILES string of the molecule is COc1ccc(Br)c2c1Oc1ccccc1C2C#N. The van der Waals surface area contributed by atoms with Crippen LogP contribution in [-0.4, -0.2) is 7.11 Å². The molecular weight excluding hydrogens is 306 g/mol. The Kier molecular flexibility index (Phi) is 2.92. The summed E-state index contributed by atoms with van der Waals surface area (Å²) in [4.78, 5) is 0. The summed E-state index contributed by atoms with van der Waals surface area (Å²) in [6.07, 6.45) is 0. The van der Waals surface area contributed by atoms with Gasteiger partial charge in [0.05, 0.1) is 13.2 Å². The third kappa shape index (κ3) is 1.78. The van der Waals surface area contributed by atoms with Gasteiger partial charge in [-0.2, -0.15) is 5.26 Å². The highest BCUT2D eigenvalue weighted by Crippen LogP contribution is 2.50. The Morgan fingerprint density at radius 2 is 2.05 bits per heavy atom. The molecule has 1 atom stereocenters. The van der Waals surface area contributed by atoms with Crippen LogP contribution in [0.15, 0.2) is 40.9 Å². The Morgan fingerprint density at radius 1 is 1.26 bits per heavy atom. The lowest BCUT2D eigenvalue weighted by Crippen LogP contribution is -2.10. The molecule has 0 fully saturated rings. The van der Waals surface area contributed by atoms with Crippen molar-refractivity contribution in [1.29, 1.82) is 5.26 Å². The molecule has 0 amide bonds. The Balaban J connectivity index is 2.29. The highest BCUT2D eigenvalue weighted by molar-refractivity contribution is 9.10. The van der Waals surface area contributed by atoms with Crippen LogP contribution < -0.4 is 9.47 Å². The van der Waals surface area contributed by atoms with Crippen molar-refractivity contribution >= 4 is 15.9 Å². The van der Waals surface area contributed by atoms with Gasteiger partial charge in [-0.1, -0.05) is 34.1 Å². The van der Waals surface area contributed by atoms with Gasteiger partial charge in [0.15, 0.2) is 11.5 Å². The van der Waals surface area contributed by atoms with Crippen LogP contribution in [0.4, 0.5) is 0 Å². The van der Waals surface area contributed by atoms with Gasteiger partial charge < -0.3 is 9.47 Å². The minimum Gasteiger partial charge on any atom is -0.493 e. The molecule has 4 heteroatoms. The lowest BCUT2D eigenvalue weighted by atomic mass is 9.89. The molecule has 2 aromatic carbocycles. The molecule has 0 N–H and O–H groups in total. The van der Waals surface area contributed by atoms with Crippen molar-refractivity contribution in [2.75, 3.05) is 7.11 Å². The average Bonchev–Trinajstić information content (AvgIpc) is 2.45. The maximum Gasteiger partial charge on any atom is 0.175 e. The topological polar surface area (TPSA) is 42.2 Å². The predicted molar refractivity (Wildman–Crippen MR) is 74.7 cm³/mol. The molecule has 0 bridgehead atoms. The number of hydrogen-bond donors (Lipinski definition) is 0. The highest BCUT2D eigenvalue weighted by Gasteiger charge is 2.31. The molecule has 1 unspecified atom stereocenters. The van der Waals surface area contributed by atoms with E-state index >= 15 is 0 Å². The number of nitriles is 1. The molecule has 2 aromatic rings. The Morgan fingerprint density at radius 3 is 2.79 bits per heavy atom. The highest BCUT2D eigenvalue weighted by atomic mass is 79.9. The molecule has 3 rings (SSSR count). The monoisotopic (exact) mass is 315 g/mol. The van der Waals surface area contributed by atoms with Gasteiger partial charge in [0.1, 0.15) is 11.7 Å². The average molecular weight is 316 g/mol. The lowest BCUT2D eigenvalue weighted by molar-refractivity contribution is 0.369. The molecule has 3 nitrogen and oxygen atoms in total. The van der Waals surface area contributed by atoms with Crippen molar-refractivity contribution in [2.24, 2.45) is 0 Å². The second-order valence-corrected chi connectivity index (χ2v) is 5.05. The summed E-state index contributed by atoms with van der Waals surface area (Å²) in [5.74, 6) is 1.59. The molecule has 0 spiro atoms. The smallest absolute Gasteiger partial charge is 0.175 e. The quantitative estimate of drug-likeness (QED) is 0.791. The zero-order valence-corrected chi connectivity index (χ0v) is 11.8. The van der Waals surface area contributed by atoms with Crippen molar-refractivity contribution in [1.82, 2.24) is 0 Å². The first-order chi connectivity index (χ1) is 9.26. The minimum atomic E-state index is -0.357. The maximum absolute atomic E-state index is 9.51. The van der Waals surface area contributed by atoms with Gasteiger partial charge in [0, 0.05) is 15.6 Å². The van der Waals surface area contributed by atoms with Crippen LogP contribution in [0.1, 0.15) is 17.0 Å². The normalized spacial score (nSPS) is 15.7. The lowest BCUT2D eigenvalue weighted by Gasteiger charge is -2.26. The number of methoxy groups -OCH3 is 1. The minimum absolute atomic E-state index is 0.357. The molecule has 0 saturated carbocycles. The van der Waals surface area contributed by atoms with Crippen LogP contribution in [-0.2, 0) is 0 Å². The summed E-state index contributed by atoms with van der Waals surface area (Å²) in [5, 5.41) is 9.51. The van der Waals surface area contributed by atoms with Gasteiger partial charge in [-0.25, -0.2) is 0 Å². The van der Waals surface area contributed by atoms with E-state index in [1.165, 1.54) is 0 Å². The molecule has 1 aliphatic heterocycles. The first-order valence-corrected chi connectivity index (χ1v) is 6.58. The van der Waals surface area contributed by atoms with Gasteiger partial charge in [0.25, 0.3) is 0 Å². The van der Waals surface area contributed by atoms with E-state index in [4.69, 9.17) is 9.47 Å². The van der Waals surface area contributed by atoms with E-state index in [0.29, 0.717) is 17.2 Å². The van der Waals surface area contributed by atoms with E-state index in [-0.39, 0.29) is 5.92 Å². The van der Waals surface area contributed by atoms with Gasteiger partial charge in [-0.3, -0.25) is 0 Å². The summed E-state index contributed by atoms with van der Waals surface area (Å²) < 4.78 is 12.1. The zero-order valence-electron chi connectivity index (χ0n) is 10.2. The van der Waals surface area contributed by atoms with Crippen LogP contribution in [0.5, 0.6) is 17.2 Å². The van der Waals surface area contributed by atoms with Gasteiger partial charge >= 0.3 is 0 Å². The molecule has 94 valence electrons. The summed E-state index contributed by atoms with van der Waals surface area (Å²) in [6, 6.07) is 13.6. The third-order valence-corrected chi connectivity index (χ3v) is 3.88. The molecule has 0 aromatic heterocycles. The summed E-state index contributed by atoms with van der Waals surface area (Å²) >= 11 is 3.49. The fourth-order valence-electron chi connectivity index (χ4n) is 2.30. The van der Waals surface area contributed by atoms with E-state index in [1.54, 1.807) is 7.11 Å². The number of rotatable bonds is 1. The summed E-state index contributed by atoms with van der Waals surface area (Å²) in [5.41, 5.74) is 1.70. The van der Waals surface area contributed by atoms with Gasteiger partial charge in [0.2, 0.25) is 0 Å². The number of halogens is 1. The first-order valence-electron chi connectivity index (χ1n) is 5.79. The molecule has 0 radical (unpaired) electrons. The fraction of sp³-hybridized carbons (Fsp3) is 0.133. The van der Waals surface area contributed by atoms with Crippen molar-refractivity contribution in [3.05, 3.63) is 52.0 Å². The van der Waals surface area contributed by atoms with E-state index in [9.17, 15) is 5.26 Å². The van der Waals surface area contributed by atoms with Gasteiger partial charge in [-0.05, 0) is 18.2 Å². The number of benzene rings is 2. The zero-order chi connectivity index (χ0) is 13.4. The largest absolute Gasteiger partial charge is 0.493 e. The predicted octanol–water partition coefficient (Wildman–Crippen LogP) is 4.22. The van der Waals surface area contributed by atoms with Crippen LogP contribution in [0.2, 0.25) is 0 Å². The molecule has 1 aliphatic rings. The Hall–Kier alpha value is -1.99.